The van der Waals surface area contributed by atoms with Crippen molar-refractivity contribution in [1.29, 1.82) is 0 Å². The first-order valence-corrected chi connectivity index (χ1v) is 9.73. The van der Waals surface area contributed by atoms with Crippen molar-refractivity contribution in [3.05, 3.63) is 46.2 Å². The zero-order valence-corrected chi connectivity index (χ0v) is 17.5. The molecule has 148 valence electrons. The molecule has 0 atom stereocenters. The third-order valence-corrected chi connectivity index (χ3v) is 5.59. The number of methoxy groups -OCH3 is 2. The predicted molar refractivity (Wildman–Crippen MR) is 109 cm³/mol. The second kappa shape index (κ2) is 8.43. The molecular weight excluding hydrogens is 376 g/mol. The SMILES string of the molecule is COc1ccc(-c2nc(CC(=O)NCc3c(C)nn(C)c3C)cs2)cc1OC. The molecule has 28 heavy (non-hydrogen) atoms. The minimum absolute atomic E-state index is 0.0631. The molecule has 0 fully saturated rings. The highest BCUT2D eigenvalue weighted by molar-refractivity contribution is 7.13. The van der Waals surface area contributed by atoms with Crippen molar-refractivity contribution in [3.8, 4) is 22.1 Å². The summed E-state index contributed by atoms with van der Waals surface area (Å²) < 4.78 is 12.4. The Kier molecular flexibility index (Phi) is 5.99. The van der Waals surface area contributed by atoms with E-state index in [2.05, 4.69) is 15.4 Å². The number of amides is 1. The Labute approximate surface area is 168 Å². The number of thiazole rings is 1. The Hall–Kier alpha value is -2.87. The molecule has 0 radical (unpaired) electrons. The van der Waals surface area contributed by atoms with Crippen LogP contribution in [-0.4, -0.2) is 34.9 Å². The van der Waals surface area contributed by atoms with E-state index in [9.17, 15) is 4.79 Å². The fraction of sp³-hybridized carbons (Fsp3) is 0.350. The van der Waals surface area contributed by atoms with Gasteiger partial charge in [0.05, 0.1) is 32.0 Å². The zero-order chi connectivity index (χ0) is 20.3. The summed E-state index contributed by atoms with van der Waals surface area (Å²) in [4.78, 5) is 16.9. The summed E-state index contributed by atoms with van der Waals surface area (Å²) >= 11 is 1.50. The standard InChI is InChI=1S/C20H24N4O3S/c1-12-16(13(2)24(3)23-12)10-21-19(25)9-15-11-28-20(22-15)14-6-7-17(26-4)18(8-14)27-5/h6-8,11H,9-10H2,1-5H3,(H,21,25). The number of hydrogen-bond donors (Lipinski definition) is 1. The van der Waals surface area contributed by atoms with E-state index in [0.29, 0.717) is 18.0 Å². The van der Waals surface area contributed by atoms with Gasteiger partial charge in [0.2, 0.25) is 5.91 Å². The molecule has 1 N–H and O–H groups in total. The molecule has 3 rings (SSSR count). The maximum Gasteiger partial charge on any atom is 0.226 e. The molecule has 1 amide bonds. The van der Waals surface area contributed by atoms with E-state index in [1.165, 1.54) is 11.3 Å². The Morgan fingerprint density at radius 1 is 1.21 bits per heavy atom. The van der Waals surface area contributed by atoms with Crippen LogP contribution in [0.1, 0.15) is 22.6 Å². The number of carbonyl (C=O) groups is 1. The molecular formula is C20H24N4O3S. The van der Waals surface area contributed by atoms with Gasteiger partial charge in [0, 0.05) is 35.8 Å². The lowest BCUT2D eigenvalue weighted by Gasteiger charge is -2.08. The van der Waals surface area contributed by atoms with Crippen LogP contribution in [0.15, 0.2) is 23.6 Å². The minimum atomic E-state index is -0.0631. The van der Waals surface area contributed by atoms with Crippen LogP contribution in [0.4, 0.5) is 0 Å². The van der Waals surface area contributed by atoms with Gasteiger partial charge in [-0.05, 0) is 32.0 Å². The topological polar surface area (TPSA) is 78.3 Å². The summed E-state index contributed by atoms with van der Waals surface area (Å²) in [6.07, 6.45) is 0.238. The first-order chi connectivity index (χ1) is 13.4. The molecule has 0 saturated heterocycles. The summed E-state index contributed by atoms with van der Waals surface area (Å²) in [5.74, 6) is 1.26. The van der Waals surface area contributed by atoms with Gasteiger partial charge in [-0.1, -0.05) is 0 Å². The van der Waals surface area contributed by atoms with E-state index in [-0.39, 0.29) is 12.3 Å². The molecule has 0 aliphatic rings. The van der Waals surface area contributed by atoms with Crippen LogP contribution < -0.4 is 14.8 Å². The molecule has 2 heterocycles. The molecule has 1 aromatic carbocycles. The highest BCUT2D eigenvalue weighted by Crippen LogP contribution is 2.33. The van der Waals surface area contributed by atoms with Gasteiger partial charge in [0.1, 0.15) is 5.01 Å². The lowest BCUT2D eigenvalue weighted by atomic mass is 10.2. The third-order valence-electron chi connectivity index (χ3n) is 4.65. The normalized spacial score (nSPS) is 10.8. The number of benzene rings is 1. The van der Waals surface area contributed by atoms with E-state index in [0.717, 1.165) is 33.2 Å². The van der Waals surface area contributed by atoms with Gasteiger partial charge < -0.3 is 14.8 Å². The second-order valence-electron chi connectivity index (χ2n) is 6.44. The number of nitrogens with zero attached hydrogens (tertiary/aromatic N) is 3. The lowest BCUT2D eigenvalue weighted by Crippen LogP contribution is -2.25. The minimum Gasteiger partial charge on any atom is -0.493 e. The molecule has 7 nitrogen and oxygen atoms in total. The molecule has 3 aromatic rings. The maximum absolute atomic E-state index is 12.3. The van der Waals surface area contributed by atoms with Gasteiger partial charge in [-0.2, -0.15) is 5.10 Å². The quantitative estimate of drug-likeness (QED) is 0.660. The number of rotatable bonds is 7. The summed E-state index contributed by atoms with van der Waals surface area (Å²) in [7, 11) is 5.11. The number of ether oxygens (including phenoxy) is 2. The molecule has 8 heteroatoms. The number of aryl methyl sites for hydroxylation is 2. The van der Waals surface area contributed by atoms with Crippen LogP contribution in [0.5, 0.6) is 11.5 Å². The number of carbonyl (C=O) groups excluding carboxylic acids is 1. The van der Waals surface area contributed by atoms with Crippen molar-refractivity contribution in [2.75, 3.05) is 14.2 Å². The summed E-state index contributed by atoms with van der Waals surface area (Å²) in [6, 6.07) is 5.66. The van der Waals surface area contributed by atoms with Gasteiger partial charge in [0.25, 0.3) is 0 Å². The fourth-order valence-electron chi connectivity index (χ4n) is 2.98. The van der Waals surface area contributed by atoms with E-state index >= 15 is 0 Å². The molecule has 0 bridgehead atoms. The largest absolute Gasteiger partial charge is 0.493 e. The molecule has 0 spiro atoms. The number of hydrogen-bond acceptors (Lipinski definition) is 6. The average molecular weight is 401 g/mol. The molecule has 2 aromatic heterocycles. The molecule has 0 unspecified atom stereocenters. The lowest BCUT2D eigenvalue weighted by molar-refractivity contribution is -0.120. The first-order valence-electron chi connectivity index (χ1n) is 8.85. The van der Waals surface area contributed by atoms with Gasteiger partial charge in [-0.25, -0.2) is 4.98 Å². The van der Waals surface area contributed by atoms with E-state index in [4.69, 9.17) is 9.47 Å². The number of nitrogens with one attached hydrogen (secondary N) is 1. The van der Waals surface area contributed by atoms with Crippen molar-refractivity contribution < 1.29 is 14.3 Å². The predicted octanol–water partition coefficient (Wildman–Crippen LogP) is 3.04. The Morgan fingerprint density at radius 3 is 2.61 bits per heavy atom. The van der Waals surface area contributed by atoms with Gasteiger partial charge in [0.15, 0.2) is 11.5 Å². The average Bonchev–Trinajstić information content (AvgIpc) is 3.24. The van der Waals surface area contributed by atoms with Crippen molar-refractivity contribution in [2.24, 2.45) is 7.05 Å². The van der Waals surface area contributed by atoms with E-state index in [1.807, 2.05) is 49.2 Å². The van der Waals surface area contributed by atoms with Crippen molar-refractivity contribution in [1.82, 2.24) is 20.1 Å². The summed E-state index contributed by atoms with van der Waals surface area (Å²) in [6.45, 7) is 4.42. The van der Waals surface area contributed by atoms with Gasteiger partial charge in [-0.15, -0.1) is 11.3 Å². The summed E-state index contributed by atoms with van der Waals surface area (Å²) in [5.41, 5.74) is 4.72. The van der Waals surface area contributed by atoms with Crippen molar-refractivity contribution >= 4 is 17.2 Å². The van der Waals surface area contributed by atoms with Crippen LogP contribution in [0.3, 0.4) is 0 Å². The summed E-state index contributed by atoms with van der Waals surface area (Å²) in [5, 5.41) is 10.1. The smallest absolute Gasteiger partial charge is 0.226 e. The van der Waals surface area contributed by atoms with Crippen LogP contribution in [-0.2, 0) is 24.8 Å². The first kappa shape index (κ1) is 19.9. The van der Waals surface area contributed by atoms with E-state index < -0.39 is 0 Å². The maximum atomic E-state index is 12.3. The Bertz CT molecular complexity index is 993. The van der Waals surface area contributed by atoms with Crippen LogP contribution in [0, 0.1) is 13.8 Å². The van der Waals surface area contributed by atoms with Crippen LogP contribution in [0.25, 0.3) is 10.6 Å². The molecule has 0 aliphatic carbocycles. The van der Waals surface area contributed by atoms with Crippen LogP contribution >= 0.6 is 11.3 Å². The zero-order valence-electron chi connectivity index (χ0n) is 16.7. The number of aromatic nitrogens is 3. The molecule has 0 saturated carbocycles. The van der Waals surface area contributed by atoms with Crippen molar-refractivity contribution in [3.63, 3.8) is 0 Å². The Morgan fingerprint density at radius 2 is 1.96 bits per heavy atom. The monoisotopic (exact) mass is 400 g/mol. The van der Waals surface area contributed by atoms with Gasteiger partial charge >= 0.3 is 0 Å². The Balaban J connectivity index is 1.65. The van der Waals surface area contributed by atoms with Crippen molar-refractivity contribution in [2.45, 2.75) is 26.8 Å². The highest BCUT2D eigenvalue weighted by Gasteiger charge is 2.13. The van der Waals surface area contributed by atoms with Crippen LogP contribution in [0.2, 0.25) is 0 Å². The fourth-order valence-corrected chi connectivity index (χ4v) is 3.79. The van der Waals surface area contributed by atoms with Gasteiger partial charge in [-0.3, -0.25) is 9.48 Å². The second-order valence-corrected chi connectivity index (χ2v) is 7.30. The third kappa shape index (κ3) is 4.17. The van der Waals surface area contributed by atoms with E-state index in [1.54, 1.807) is 14.2 Å². The highest BCUT2D eigenvalue weighted by atomic mass is 32.1. The molecule has 0 aliphatic heterocycles.